The molecule has 0 saturated heterocycles. The van der Waals surface area contributed by atoms with Crippen LogP contribution in [0.2, 0.25) is 0 Å². The van der Waals surface area contributed by atoms with Crippen molar-refractivity contribution in [1.82, 2.24) is 31.8 Å². The topological polar surface area (TPSA) is 321 Å². The zero-order valence-electron chi connectivity index (χ0n) is 43.4. The molecule has 4 atom stereocenters. The van der Waals surface area contributed by atoms with Crippen LogP contribution >= 0.6 is 0 Å². The molecule has 0 radical (unpaired) electrons. The first kappa shape index (κ1) is 64.7. The zero-order valence-corrected chi connectivity index (χ0v) is 43.4. The number of carbonyl (C=O) groups is 8. The van der Waals surface area contributed by atoms with Crippen molar-refractivity contribution in [2.75, 3.05) is 26.2 Å². The van der Waals surface area contributed by atoms with Gasteiger partial charge in [-0.25, -0.2) is 4.79 Å². The molecular weight excluding hydrogens is 911 g/mol. The Kier molecular flexibility index (Phi) is 38.5. The summed E-state index contributed by atoms with van der Waals surface area (Å²) >= 11 is 0. The van der Waals surface area contributed by atoms with Gasteiger partial charge < -0.3 is 58.6 Å². The van der Waals surface area contributed by atoms with Gasteiger partial charge in [0.15, 0.2) is 7.98 Å². The fourth-order valence-electron chi connectivity index (χ4n) is 8.94. The molecule has 0 aliphatic heterocycles. The van der Waals surface area contributed by atoms with Crippen molar-refractivity contribution >= 4 is 55.4 Å². The second-order valence-corrected chi connectivity index (χ2v) is 19.8. The number of rotatable bonds is 46. The molecule has 1 saturated carbocycles. The minimum Gasteiger partial charge on any atom is -0.481 e. The molecule has 0 spiro atoms. The van der Waals surface area contributed by atoms with Gasteiger partial charge in [0.1, 0.15) is 6.04 Å². The largest absolute Gasteiger partial charge is 0.481 e. The number of aliphatic carboxylic acids is 3. The highest BCUT2D eigenvalue weighted by molar-refractivity contribution is 6.06. The summed E-state index contributed by atoms with van der Waals surface area (Å²) in [5.74, 6) is -3.96. The predicted molar refractivity (Wildman–Crippen MR) is 278 cm³/mol. The van der Waals surface area contributed by atoms with Gasteiger partial charge >= 0.3 is 17.9 Å². The van der Waals surface area contributed by atoms with Crippen molar-refractivity contribution < 1.29 is 53.7 Å². The van der Waals surface area contributed by atoms with E-state index in [9.17, 15) is 43.5 Å². The van der Waals surface area contributed by atoms with Gasteiger partial charge in [0.05, 0.1) is 18.1 Å². The van der Waals surface area contributed by atoms with E-state index in [1.807, 2.05) is 0 Å². The summed E-state index contributed by atoms with van der Waals surface area (Å²) in [6.45, 7) is 1.73. The third kappa shape index (κ3) is 35.5. The molecule has 408 valence electrons. The molecule has 1 fully saturated rings. The van der Waals surface area contributed by atoms with Crippen molar-refractivity contribution in [2.24, 2.45) is 23.3 Å². The molecule has 1 aliphatic carbocycles. The molecule has 1 aliphatic rings. The standard InChI is InChI=1S/C51H95BN8O11/c52-60-43(51(70)71)25-19-22-36-57-49(67)41(54)24-18-21-35-56-48(66)40(53)23-17-20-34-55-45(62)33-32-42(50(68)69)59-47(65)39-30-28-38(29-31-39)37-58-44(61)26-15-13-11-9-7-5-3-1-2-4-6-8-10-12-14-16-27-46(63)64/h38-43,60H,1-37,52-54H2,(H,55,62)(H,56,66)(H,57,67)(H,58,61)(H,59,65)(H,63,64)(H,68,69)(H,70,71)/t38-,39-,40-,41-,42-,43-/m0/s1. The van der Waals surface area contributed by atoms with E-state index in [0.717, 1.165) is 51.4 Å². The van der Waals surface area contributed by atoms with Crippen LogP contribution in [0.3, 0.4) is 0 Å². The maximum atomic E-state index is 13.0. The van der Waals surface area contributed by atoms with E-state index in [2.05, 4.69) is 31.8 Å². The number of unbranched alkanes of at least 4 members (excludes halogenated alkanes) is 18. The van der Waals surface area contributed by atoms with Gasteiger partial charge in [-0.3, -0.25) is 33.6 Å². The lowest BCUT2D eigenvalue weighted by atomic mass is 9.81. The van der Waals surface area contributed by atoms with E-state index in [4.69, 9.17) is 21.7 Å². The first-order valence-electron chi connectivity index (χ1n) is 27.4. The Labute approximate surface area is 425 Å². The Balaban J connectivity index is 2.07. The number of nitrogens with two attached hydrogens (primary N) is 2. The van der Waals surface area contributed by atoms with Gasteiger partial charge in [-0.1, -0.05) is 89.9 Å². The third-order valence-corrected chi connectivity index (χ3v) is 13.7. The van der Waals surface area contributed by atoms with Gasteiger partial charge in [-0.05, 0) is 109 Å². The van der Waals surface area contributed by atoms with Crippen LogP contribution in [0, 0.1) is 11.8 Å². The van der Waals surface area contributed by atoms with Crippen molar-refractivity contribution in [3.05, 3.63) is 0 Å². The van der Waals surface area contributed by atoms with Gasteiger partial charge in [-0.2, -0.15) is 0 Å². The lowest BCUT2D eigenvalue weighted by molar-refractivity contribution is -0.143. The van der Waals surface area contributed by atoms with E-state index >= 15 is 0 Å². The molecule has 19 nitrogen and oxygen atoms in total. The average Bonchev–Trinajstić information content (AvgIpc) is 3.34. The Morgan fingerprint density at radius 3 is 1.30 bits per heavy atom. The molecule has 0 unspecified atom stereocenters. The number of hydrogen-bond donors (Lipinski definition) is 11. The lowest BCUT2D eigenvalue weighted by Crippen LogP contribution is -2.45. The maximum Gasteiger partial charge on any atom is 0.326 e. The molecule has 0 aromatic carbocycles. The highest BCUT2D eigenvalue weighted by Crippen LogP contribution is 2.29. The van der Waals surface area contributed by atoms with Gasteiger partial charge in [-0.15, -0.1) is 0 Å². The molecule has 1 rings (SSSR count). The van der Waals surface area contributed by atoms with Gasteiger partial charge in [0.25, 0.3) is 0 Å². The Morgan fingerprint density at radius 1 is 0.451 bits per heavy atom. The Hall–Kier alpha value is -4.30. The fourth-order valence-corrected chi connectivity index (χ4v) is 8.94. The summed E-state index contributed by atoms with van der Waals surface area (Å²) < 4.78 is 0. The minimum atomic E-state index is -1.20. The van der Waals surface area contributed by atoms with E-state index in [1.54, 1.807) is 7.98 Å². The van der Waals surface area contributed by atoms with E-state index < -0.39 is 42.1 Å². The lowest BCUT2D eigenvalue weighted by Gasteiger charge is -2.28. The zero-order chi connectivity index (χ0) is 52.5. The van der Waals surface area contributed by atoms with Gasteiger partial charge in [0.2, 0.25) is 29.5 Å². The summed E-state index contributed by atoms with van der Waals surface area (Å²) in [6, 6.07) is -3.19. The van der Waals surface area contributed by atoms with Crippen LogP contribution < -0.4 is 43.3 Å². The van der Waals surface area contributed by atoms with Crippen LogP contribution in [0.4, 0.5) is 0 Å². The molecular formula is C51H95BN8O11. The highest BCUT2D eigenvalue weighted by Gasteiger charge is 2.30. The van der Waals surface area contributed by atoms with Crippen LogP contribution in [-0.4, -0.2) is 121 Å². The first-order chi connectivity index (χ1) is 34.1. The summed E-state index contributed by atoms with van der Waals surface area (Å²) in [5.41, 5.74) is 12.0. The number of nitrogens with one attached hydrogen (secondary N) is 6. The molecule has 0 aromatic rings. The van der Waals surface area contributed by atoms with Crippen LogP contribution in [-0.2, 0) is 38.4 Å². The molecule has 20 heteroatoms. The minimum absolute atomic E-state index is 0.0445. The van der Waals surface area contributed by atoms with Gasteiger partial charge in [0, 0.05) is 51.4 Å². The molecule has 71 heavy (non-hydrogen) atoms. The Bertz CT molecular complexity index is 1520. The van der Waals surface area contributed by atoms with E-state index in [0.29, 0.717) is 103 Å². The number of carbonyl (C=O) groups excluding carboxylic acids is 5. The van der Waals surface area contributed by atoms with Crippen LogP contribution in [0.5, 0.6) is 0 Å². The normalized spacial score (nSPS) is 16.2. The molecule has 0 aromatic heterocycles. The summed E-state index contributed by atoms with van der Waals surface area (Å²) in [5, 5.41) is 44.3. The van der Waals surface area contributed by atoms with Crippen molar-refractivity contribution in [3.63, 3.8) is 0 Å². The predicted octanol–water partition coefficient (Wildman–Crippen LogP) is 4.47. The quantitative estimate of drug-likeness (QED) is 0.0296. The molecule has 0 heterocycles. The maximum absolute atomic E-state index is 13.0. The summed E-state index contributed by atoms with van der Waals surface area (Å²) in [4.78, 5) is 96.2. The van der Waals surface area contributed by atoms with Crippen LogP contribution in [0.1, 0.15) is 212 Å². The van der Waals surface area contributed by atoms with E-state index in [1.165, 1.54) is 64.2 Å². The third-order valence-electron chi connectivity index (χ3n) is 13.7. The van der Waals surface area contributed by atoms with Crippen LogP contribution in [0.15, 0.2) is 0 Å². The van der Waals surface area contributed by atoms with Crippen LogP contribution in [0.25, 0.3) is 0 Å². The number of carboxylic acids is 3. The first-order valence-corrected chi connectivity index (χ1v) is 27.4. The Morgan fingerprint density at radius 2 is 0.859 bits per heavy atom. The smallest absolute Gasteiger partial charge is 0.326 e. The van der Waals surface area contributed by atoms with Crippen molar-refractivity contribution in [1.29, 1.82) is 0 Å². The second kappa shape index (κ2) is 42.2. The average molecular weight is 1010 g/mol. The number of hydrogen-bond acceptors (Lipinski definition) is 11. The highest BCUT2D eigenvalue weighted by atomic mass is 16.4. The van der Waals surface area contributed by atoms with E-state index in [-0.39, 0.29) is 60.6 Å². The fraction of sp³-hybridized carbons (Fsp3) is 0.843. The SMILES string of the molecule is BN[C@@H](CCCCNC(=O)[C@@H](N)CCCCNC(=O)[C@@H](N)CCCCNC(=O)CC[C@H](NC(=O)[C@H]1CC[C@H](CNC(=O)CCCCCCCCCCCCCCCCCCC(=O)O)CC1)C(=O)O)C(=O)O. The summed E-state index contributed by atoms with van der Waals surface area (Å²) in [7, 11) is 1.60. The monoisotopic (exact) mass is 1010 g/mol. The molecule has 5 amide bonds. The second-order valence-electron chi connectivity index (χ2n) is 19.8. The number of carboxylic acid groups (broad SMARTS) is 3. The number of amides is 5. The van der Waals surface area contributed by atoms with Crippen molar-refractivity contribution in [3.8, 4) is 0 Å². The molecule has 0 bridgehead atoms. The summed E-state index contributed by atoms with van der Waals surface area (Å²) in [6.07, 6.45) is 27.2. The van der Waals surface area contributed by atoms with Crippen molar-refractivity contribution in [2.45, 2.75) is 236 Å². The molecule has 13 N–H and O–H groups in total.